The molecule has 0 aromatic heterocycles. The number of ether oxygens (including phenoxy) is 2. The van der Waals surface area contributed by atoms with E-state index in [2.05, 4.69) is 26.6 Å². The second kappa shape index (κ2) is 7.34. The molecule has 7 heteroatoms. The highest BCUT2D eigenvalue weighted by Gasteiger charge is 2.53. The molecule has 0 saturated heterocycles. The summed E-state index contributed by atoms with van der Waals surface area (Å²) in [6.45, 7) is 5.59. The van der Waals surface area contributed by atoms with Gasteiger partial charge in [0.25, 0.3) is 0 Å². The van der Waals surface area contributed by atoms with E-state index in [1.807, 2.05) is 32.9 Å². The van der Waals surface area contributed by atoms with Crippen LogP contribution in [0.5, 0.6) is 0 Å². The van der Waals surface area contributed by atoms with Crippen LogP contribution in [0.1, 0.15) is 56.8 Å². The zero-order chi connectivity index (χ0) is 19.8. The van der Waals surface area contributed by atoms with Crippen molar-refractivity contribution in [2.75, 3.05) is 12.4 Å². The molecule has 0 unspecified atom stereocenters. The number of halogens is 1. The quantitative estimate of drug-likeness (QED) is 0.677. The van der Waals surface area contributed by atoms with Crippen molar-refractivity contribution >= 4 is 33.7 Å². The Bertz CT molecular complexity index is 730. The van der Waals surface area contributed by atoms with E-state index in [1.54, 1.807) is 6.07 Å². The van der Waals surface area contributed by atoms with Gasteiger partial charge in [0.1, 0.15) is 5.60 Å². The molecule has 1 amide bonds. The van der Waals surface area contributed by atoms with Gasteiger partial charge in [-0.2, -0.15) is 0 Å². The summed E-state index contributed by atoms with van der Waals surface area (Å²) in [5.74, 6) is -0.343. The molecule has 2 saturated carbocycles. The van der Waals surface area contributed by atoms with Crippen LogP contribution in [0.4, 0.5) is 10.5 Å². The maximum absolute atomic E-state index is 11.9. The van der Waals surface area contributed by atoms with Gasteiger partial charge in [-0.15, -0.1) is 0 Å². The number of nitrogens with one attached hydrogen (secondary N) is 2. The molecule has 0 heterocycles. The van der Waals surface area contributed by atoms with Crippen LogP contribution < -0.4 is 10.6 Å². The standard InChI is InChI=1S/C20H27BrN2O4/c1-19(2,3)27-18(25)23-14-10-20(11-14)8-13(9-20)22-16-7-12(21)5-6-15(16)17(24)26-4/h5-7,13-14,22H,8-11H2,1-4H3,(H,23,25). The van der Waals surface area contributed by atoms with Crippen LogP contribution in [0.3, 0.4) is 0 Å². The third-order valence-electron chi connectivity index (χ3n) is 5.19. The summed E-state index contributed by atoms with van der Waals surface area (Å²) in [5, 5.41) is 6.42. The molecule has 2 aliphatic rings. The van der Waals surface area contributed by atoms with Crippen molar-refractivity contribution in [3.63, 3.8) is 0 Å². The Morgan fingerprint density at radius 1 is 1.15 bits per heavy atom. The molecule has 0 radical (unpaired) electrons. The van der Waals surface area contributed by atoms with E-state index in [-0.39, 0.29) is 18.1 Å². The van der Waals surface area contributed by atoms with Gasteiger partial charge in [-0.25, -0.2) is 9.59 Å². The fourth-order valence-corrected chi connectivity index (χ4v) is 4.49. The van der Waals surface area contributed by atoms with Gasteiger partial charge in [0.15, 0.2) is 0 Å². The molecule has 1 aromatic rings. The summed E-state index contributed by atoms with van der Waals surface area (Å²) >= 11 is 3.45. The highest BCUT2D eigenvalue weighted by atomic mass is 79.9. The van der Waals surface area contributed by atoms with Gasteiger partial charge in [0.05, 0.1) is 18.4 Å². The zero-order valence-corrected chi connectivity index (χ0v) is 17.8. The van der Waals surface area contributed by atoms with E-state index in [4.69, 9.17) is 9.47 Å². The van der Waals surface area contributed by atoms with E-state index in [1.165, 1.54) is 7.11 Å². The summed E-state index contributed by atoms with van der Waals surface area (Å²) in [6.07, 6.45) is 3.69. The van der Waals surface area contributed by atoms with E-state index < -0.39 is 5.60 Å². The maximum Gasteiger partial charge on any atom is 0.407 e. The number of hydrogen-bond donors (Lipinski definition) is 2. The number of carbonyl (C=O) groups is 2. The Morgan fingerprint density at radius 2 is 1.78 bits per heavy atom. The van der Waals surface area contributed by atoms with Crippen molar-refractivity contribution in [1.29, 1.82) is 0 Å². The largest absolute Gasteiger partial charge is 0.465 e. The number of benzene rings is 1. The average Bonchev–Trinajstić information content (AvgIpc) is 2.48. The first-order chi connectivity index (χ1) is 12.6. The molecule has 2 fully saturated rings. The molecular formula is C20H27BrN2O4. The number of hydrogen-bond acceptors (Lipinski definition) is 5. The first kappa shape index (κ1) is 20.0. The number of amides is 1. The van der Waals surface area contributed by atoms with Crippen LogP contribution in [-0.2, 0) is 9.47 Å². The predicted octanol–water partition coefficient (Wildman–Crippen LogP) is 4.48. The molecule has 1 spiro atoms. The predicted molar refractivity (Wildman–Crippen MR) is 107 cm³/mol. The number of carbonyl (C=O) groups excluding carboxylic acids is 2. The molecule has 1 aromatic carbocycles. The lowest BCUT2D eigenvalue weighted by Gasteiger charge is -2.58. The molecule has 3 rings (SSSR count). The molecule has 6 nitrogen and oxygen atoms in total. The summed E-state index contributed by atoms with van der Waals surface area (Å²) in [7, 11) is 1.39. The molecule has 2 N–H and O–H groups in total. The van der Waals surface area contributed by atoms with E-state index in [0.717, 1.165) is 35.8 Å². The Morgan fingerprint density at radius 3 is 2.37 bits per heavy atom. The minimum atomic E-state index is -0.474. The third kappa shape index (κ3) is 4.75. The van der Waals surface area contributed by atoms with Gasteiger partial charge in [-0.05, 0) is 70.1 Å². The van der Waals surface area contributed by atoms with Crippen LogP contribution in [0, 0.1) is 5.41 Å². The summed E-state index contributed by atoms with van der Waals surface area (Å²) in [6, 6.07) is 6.02. The van der Waals surface area contributed by atoms with Crippen molar-refractivity contribution < 1.29 is 19.1 Å². The Labute approximate surface area is 168 Å². The number of rotatable bonds is 4. The van der Waals surface area contributed by atoms with Gasteiger partial charge < -0.3 is 20.1 Å². The third-order valence-corrected chi connectivity index (χ3v) is 5.68. The molecule has 2 aliphatic carbocycles. The van der Waals surface area contributed by atoms with E-state index in [9.17, 15) is 9.59 Å². The highest BCUT2D eigenvalue weighted by Crippen LogP contribution is 2.56. The molecule has 0 aliphatic heterocycles. The Kier molecular flexibility index (Phi) is 5.43. The topological polar surface area (TPSA) is 76.7 Å². The SMILES string of the molecule is COC(=O)c1ccc(Br)cc1NC1CC2(CC(NC(=O)OC(C)(C)C)C2)C1. The summed E-state index contributed by atoms with van der Waals surface area (Å²) in [5.41, 5.74) is 1.16. The lowest BCUT2D eigenvalue weighted by atomic mass is 9.52. The van der Waals surface area contributed by atoms with Crippen LogP contribution in [0.2, 0.25) is 0 Å². The molecule has 27 heavy (non-hydrogen) atoms. The first-order valence-corrected chi connectivity index (χ1v) is 10.0. The fourth-order valence-electron chi connectivity index (χ4n) is 4.13. The lowest BCUT2D eigenvalue weighted by molar-refractivity contribution is -0.0178. The van der Waals surface area contributed by atoms with Crippen molar-refractivity contribution in [2.24, 2.45) is 5.41 Å². The van der Waals surface area contributed by atoms with Crippen LogP contribution in [-0.4, -0.2) is 36.9 Å². The van der Waals surface area contributed by atoms with Gasteiger partial charge in [-0.3, -0.25) is 0 Å². The van der Waals surface area contributed by atoms with Gasteiger partial charge >= 0.3 is 12.1 Å². The van der Waals surface area contributed by atoms with Crippen LogP contribution in [0.25, 0.3) is 0 Å². The second-order valence-corrected chi connectivity index (χ2v) is 9.60. The molecule has 148 valence electrons. The van der Waals surface area contributed by atoms with Crippen molar-refractivity contribution in [3.05, 3.63) is 28.2 Å². The smallest absolute Gasteiger partial charge is 0.407 e. The monoisotopic (exact) mass is 438 g/mol. The van der Waals surface area contributed by atoms with E-state index >= 15 is 0 Å². The minimum Gasteiger partial charge on any atom is -0.465 e. The zero-order valence-electron chi connectivity index (χ0n) is 16.2. The number of anilines is 1. The second-order valence-electron chi connectivity index (χ2n) is 8.68. The lowest BCUT2D eigenvalue weighted by Crippen LogP contribution is -2.59. The van der Waals surface area contributed by atoms with Crippen molar-refractivity contribution in [2.45, 2.75) is 64.1 Å². The van der Waals surface area contributed by atoms with Crippen LogP contribution >= 0.6 is 15.9 Å². The Balaban J connectivity index is 1.48. The van der Waals surface area contributed by atoms with Crippen LogP contribution in [0.15, 0.2) is 22.7 Å². The van der Waals surface area contributed by atoms with Gasteiger partial charge in [0.2, 0.25) is 0 Å². The molecular weight excluding hydrogens is 412 g/mol. The maximum atomic E-state index is 11.9. The van der Waals surface area contributed by atoms with Gasteiger partial charge in [0, 0.05) is 16.6 Å². The average molecular weight is 439 g/mol. The number of esters is 1. The number of alkyl carbamates (subject to hydrolysis) is 1. The summed E-state index contributed by atoms with van der Waals surface area (Å²) in [4.78, 5) is 23.8. The number of methoxy groups -OCH3 is 1. The van der Waals surface area contributed by atoms with Crippen molar-refractivity contribution in [3.8, 4) is 0 Å². The normalized spacial score (nSPS) is 26.6. The minimum absolute atomic E-state index is 0.192. The molecule has 0 bridgehead atoms. The molecule has 0 atom stereocenters. The van der Waals surface area contributed by atoms with E-state index in [0.29, 0.717) is 17.0 Å². The summed E-state index contributed by atoms with van der Waals surface area (Å²) < 4.78 is 11.1. The Hall–Kier alpha value is -1.76. The van der Waals surface area contributed by atoms with Gasteiger partial charge in [-0.1, -0.05) is 15.9 Å². The first-order valence-electron chi connectivity index (χ1n) is 9.23. The fraction of sp³-hybridized carbons (Fsp3) is 0.600. The highest BCUT2D eigenvalue weighted by molar-refractivity contribution is 9.10. The van der Waals surface area contributed by atoms with Crippen molar-refractivity contribution in [1.82, 2.24) is 5.32 Å².